The van der Waals surface area contributed by atoms with Crippen molar-refractivity contribution >= 4 is 5.91 Å². The van der Waals surface area contributed by atoms with E-state index in [4.69, 9.17) is 4.74 Å². The second kappa shape index (κ2) is 5.38. The van der Waals surface area contributed by atoms with Crippen molar-refractivity contribution in [1.29, 1.82) is 0 Å². The third-order valence-electron chi connectivity index (χ3n) is 4.40. The first-order valence-electron chi connectivity index (χ1n) is 7.74. The fraction of sp³-hybridized carbons (Fsp3) is 0.533. The molecule has 0 radical (unpaired) electrons. The molecule has 2 aromatic heterocycles. The largest absolute Gasteiger partial charge is 0.370 e. The molecule has 0 saturated carbocycles. The lowest BCUT2D eigenvalue weighted by atomic mass is 10.00. The number of hydrogen-bond acceptors (Lipinski definition) is 6. The molecule has 2 aliphatic heterocycles. The van der Waals surface area contributed by atoms with E-state index in [1.54, 1.807) is 19.2 Å². The van der Waals surface area contributed by atoms with Gasteiger partial charge in [0.2, 0.25) is 0 Å². The number of carbonyl (C=O) groups excluding carboxylic acids is 1. The Kier molecular flexibility index (Phi) is 3.33. The van der Waals surface area contributed by atoms with Crippen molar-refractivity contribution < 1.29 is 9.53 Å². The molecule has 1 saturated heterocycles. The highest BCUT2D eigenvalue weighted by atomic mass is 16.5. The van der Waals surface area contributed by atoms with Gasteiger partial charge in [-0.15, -0.1) is 5.10 Å². The summed E-state index contributed by atoms with van der Waals surface area (Å²) in [7, 11) is 0. The Balaban J connectivity index is 1.59. The van der Waals surface area contributed by atoms with E-state index in [1.165, 1.54) is 0 Å². The van der Waals surface area contributed by atoms with Crippen LogP contribution in [0.25, 0.3) is 0 Å². The fourth-order valence-corrected chi connectivity index (χ4v) is 3.35. The van der Waals surface area contributed by atoms with Gasteiger partial charge >= 0.3 is 0 Å². The molecule has 4 rings (SSSR count). The van der Waals surface area contributed by atoms with Crippen LogP contribution in [0.4, 0.5) is 0 Å². The summed E-state index contributed by atoms with van der Waals surface area (Å²) >= 11 is 0. The van der Waals surface area contributed by atoms with E-state index < -0.39 is 0 Å². The van der Waals surface area contributed by atoms with E-state index in [-0.39, 0.29) is 18.1 Å². The van der Waals surface area contributed by atoms with Gasteiger partial charge in [0.1, 0.15) is 11.5 Å². The van der Waals surface area contributed by atoms with Gasteiger partial charge in [-0.05, 0) is 26.3 Å². The third-order valence-corrected chi connectivity index (χ3v) is 4.40. The predicted molar refractivity (Wildman–Crippen MR) is 79.7 cm³/mol. The molecule has 8 nitrogen and oxygen atoms in total. The Morgan fingerprint density at radius 2 is 2.22 bits per heavy atom. The molecule has 120 valence electrons. The smallest absolute Gasteiger partial charge is 0.272 e. The molecular formula is C15H18N6O2. The van der Waals surface area contributed by atoms with Crippen LogP contribution in [0.5, 0.6) is 0 Å². The number of hydrogen-bond donors (Lipinski definition) is 0. The Labute approximate surface area is 133 Å². The second-order valence-electron chi connectivity index (χ2n) is 6.07. The van der Waals surface area contributed by atoms with Crippen molar-refractivity contribution in [2.24, 2.45) is 0 Å². The highest BCUT2D eigenvalue weighted by Gasteiger charge is 2.38. The van der Waals surface area contributed by atoms with Crippen LogP contribution in [0.15, 0.2) is 12.3 Å². The van der Waals surface area contributed by atoms with Crippen LogP contribution in [0, 0.1) is 13.8 Å². The SMILES string of the molecule is Cc1cc(C(=O)N2CC[C@@H]3OCc4cnnn4[C@H]3C2)nc(C)n1. The highest BCUT2D eigenvalue weighted by Crippen LogP contribution is 2.30. The molecule has 1 amide bonds. The summed E-state index contributed by atoms with van der Waals surface area (Å²) in [6.07, 6.45) is 2.59. The van der Waals surface area contributed by atoms with Gasteiger partial charge < -0.3 is 9.64 Å². The van der Waals surface area contributed by atoms with Gasteiger partial charge in [0, 0.05) is 18.8 Å². The molecule has 0 N–H and O–H groups in total. The summed E-state index contributed by atoms with van der Waals surface area (Å²) in [4.78, 5) is 23.1. The first-order chi connectivity index (χ1) is 11.1. The maximum atomic E-state index is 12.8. The Hall–Kier alpha value is -2.35. The minimum absolute atomic E-state index is 0.0166. The van der Waals surface area contributed by atoms with E-state index in [2.05, 4.69) is 20.3 Å². The Morgan fingerprint density at radius 3 is 3.04 bits per heavy atom. The topological polar surface area (TPSA) is 86.0 Å². The number of carbonyl (C=O) groups is 1. The van der Waals surface area contributed by atoms with Crippen LogP contribution < -0.4 is 0 Å². The lowest BCUT2D eigenvalue weighted by molar-refractivity contribution is -0.0605. The average molecular weight is 314 g/mol. The summed E-state index contributed by atoms with van der Waals surface area (Å²) in [5.74, 6) is 0.548. The molecule has 0 spiro atoms. The van der Waals surface area contributed by atoms with Crippen molar-refractivity contribution in [3.8, 4) is 0 Å². The number of likely N-dealkylation sites (tertiary alicyclic amines) is 1. The maximum Gasteiger partial charge on any atom is 0.272 e. The van der Waals surface area contributed by atoms with Crippen LogP contribution in [-0.4, -0.2) is 55.0 Å². The molecule has 0 aliphatic carbocycles. The molecule has 0 aromatic carbocycles. The Morgan fingerprint density at radius 1 is 1.35 bits per heavy atom. The summed E-state index contributed by atoms with van der Waals surface area (Å²) in [5, 5.41) is 8.11. The number of ether oxygens (including phenoxy) is 1. The average Bonchev–Trinajstić information content (AvgIpc) is 3.01. The van der Waals surface area contributed by atoms with Gasteiger partial charge in [-0.2, -0.15) is 0 Å². The summed E-state index contributed by atoms with van der Waals surface area (Å²) in [6, 6.07) is 1.75. The number of aromatic nitrogens is 5. The molecule has 2 aliphatic rings. The van der Waals surface area contributed by atoms with Gasteiger partial charge in [-0.1, -0.05) is 5.21 Å². The Bertz CT molecular complexity index is 738. The fourth-order valence-electron chi connectivity index (χ4n) is 3.35. The first-order valence-corrected chi connectivity index (χ1v) is 7.74. The first kappa shape index (κ1) is 14.3. The number of rotatable bonds is 1. The van der Waals surface area contributed by atoms with Crippen LogP contribution in [0.2, 0.25) is 0 Å². The van der Waals surface area contributed by atoms with Gasteiger partial charge in [-0.25, -0.2) is 14.6 Å². The lowest BCUT2D eigenvalue weighted by Gasteiger charge is -2.40. The number of fused-ring (bicyclic) bond motifs is 3. The molecule has 0 bridgehead atoms. The minimum atomic E-state index is -0.0655. The minimum Gasteiger partial charge on any atom is -0.370 e. The van der Waals surface area contributed by atoms with E-state index in [0.29, 0.717) is 31.2 Å². The molecule has 4 heterocycles. The number of aryl methyl sites for hydroxylation is 2. The monoisotopic (exact) mass is 314 g/mol. The van der Waals surface area contributed by atoms with Crippen molar-refractivity contribution in [2.75, 3.05) is 13.1 Å². The van der Waals surface area contributed by atoms with Crippen LogP contribution >= 0.6 is 0 Å². The van der Waals surface area contributed by atoms with Gasteiger partial charge in [-0.3, -0.25) is 4.79 Å². The molecule has 23 heavy (non-hydrogen) atoms. The van der Waals surface area contributed by atoms with Crippen molar-refractivity contribution in [1.82, 2.24) is 29.9 Å². The van der Waals surface area contributed by atoms with Crippen LogP contribution in [0.3, 0.4) is 0 Å². The zero-order valence-electron chi connectivity index (χ0n) is 13.1. The number of amides is 1. The van der Waals surface area contributed by atoms with E-state index >= 15 is 0 Å². The molecule has 2 aromatic rings. The quantitative estimate of drug-likeness (QED) is 0.769. The molecule has 8 heteroatoms. The predicted octanol–water partition coefficient (Wildman–Crippen LogP) is 0.671. The number of nitrogens with zero attached hydrogens (tertiary/aromatic N) is 6. The molecular weight excluding hydrogens is 296 g/mol. The van der Waals surface area contributed by atoms with Crippen LogP contribution in [0.1, 0.15) is 40.2 Å². The van der Waals surface area contributed by atoms with Crippen molar-refractivity contribution in [3.63, 3.8) is 0 Å². The molecule has 2 atom stereocenters. The molecule has 1 fully saturated rings. The van der Waals surface area contributed by atoms with E-state index in [1.807, 2.05) is 16.5 Å². The van der Waals surface area contributed by atoms with Crippen LogP contribution in [-0.2, 0) is 11.3 Å². The zero-order chi connectivity index (χ0) is 16.0. The van der Waals surface area contributed by atoms with Gasteiger partial charge in [0.15, 0.2) is 0 Å². The summed E-state index contributed by atoms with van der Waals surface area (Å²) in [5.41, 5.74) is 2.20. The van der Waals surface area contributed by atoms with Crippen molar-refractivity contribution in [3.05, 3.63) is 35.2 Å². The maximum absolute atomic E-state index is 12.8. The van der Waals surface area contributed by atoms with Gasteiger partial charge in [0.25, 0.3) is 5.91 Å². The number of piperidine rings is 1. The van der Waals surface area contributed by atoms with Gasteiger partial charge in [0.05, 0.1) is 30.6 Å². The summed E-state index contributed by atoms with van der Waals surface area (Å²) < 4.78 is 7.77. The zero-order valence-corrected chi connectivity index (χ0v) is 13.1. The third kappa shape index (κ3) is 2.48. The second-order valence-corrected chi connectivity index (χ2v) is 6.07. The van der Waals surface area contributed by atoms with Crippen molar-refractivity contribution in [2.45, 2.75) is 39.0 Å². The standard InChI is InChI=1S/C15H18N6O2/c1-9-5-12(18-10(2)17-9)15(22)20-4-3-14-13(7-20)21-11(8-23-14)6-16-19-21/h5-6,13-14H,3-4,7-8H2,1-2H3/t13-,14-/m0/s1. The lowest BCUT2D eigenvalue weighted by Crippen LogP contribution is -2.50. The normalized spacial score (nSPS) is 23.3. The highest BCUT2D eigenvalue weighted by molar-refractivity contribution is 5.92. The summed E-state index contributed by atoms with van der Waals surface area (Å²) in [6.45, 7) is 5.42. The van der Waals surface area contributed by atoms with E-state index in [0.717, 1.165) is 17.8 Å². The molecule has 0 unspecified atom stereocenters. The van der Waals surface area contributed by atoms with E-state index in [9.17, 15) is 4.79 Å².